The van der Waals surface area contributed by atoms with E-state index in [4.69, 9.17) is 4.74 Å². The molecule has 2 rings (SSSR count). The number of rotatable bonds is 3. The minimum Gasteiger partial charge on any atom is -0.495 e. The van der Waals surface area contributed by atoms with Crippen LogP contribution in [0.5, 0.6) is 5.75 Å². The largest absolute Gasteiger partial charge is 0.495 e. The van der Waals surface area contributed by atoms with Gasteiger partial charge in [-0.1, -0.05) is 6.92 Å². The van der Waals surface area contributed by atoms with E-state index in [0.717, 1.165) is 5.39 Å². The van der Waals surface area contributed by atoms with E-state index in [1.165, 1.54) is 0 Å². The lowest BCUT2D eigenvalue weighted by atomic mass is 10.2. The lowest BCUT2D eigenvalue weighted by Crippen LogP contribution is -1.95. The topological polar surface area (TPSA) is 55.0 Å². The molecule has 0 aliphatic rings. The number of aromatic amines is 1. The Kier molecular flexibility index (Phi) is 2.41. The van der Waals surface area contributed by atoms with Crippen molar-refractivity contribution < 1.29 is 9.53 Å². The number of carbonyl (C=O) groups is 1. The molecule has 0 aliphatic carbocycles. The summed E-state index contributed by atoms with van der Waals surface area (Å²) in [5.41, 5.74) is 1.32. The van der Waals surface area contributed by atoms with Gasteiger partial charge in [0.1, 0.15) is 11.4 Å². The highest BCUT2D eigenvalue weighted by Gasteiger charge is 2.08. The summed E-state index contributed by atoms with van der Waals surface area (Å²) in [5.74, 6) is 0.781. The summed E-state index contributed by atoms with van der Waals surface area (Å²) in [4.78, 5) is 18.6. The number of hydrogen-bond donors (Lipinski definition) is 1. The Morgan fingerprint density at radius 1 is 1.53 bits per heavy atom. The van der Waals surface area contributed by atoms with E-state index in [0.29, 0.717) is 23.5 Å². The molecule has 2 aromatic rings. The Labute approximate surface area is 87.3 Å². The number of carbonyl (C=O) groups excluding carboxylic acids is 1. The second kappa shape index (κ2) is 3.73. The van der Waals surface area contributed by atoms with E-state index in [2.05, 4.69) is 9.97 Å². The molecule has 0 unspecified atom stereocenters. The highest BCUT2D eigenvalue weighted by atomic mass is 16.5. The predicted octanol–water partition coefficient (Wildman–Crippen LogP) is 2.16. The number of fused-ring (bicyclic) bond motifs is 1. The number of hydrogen-bond acceptors (Lipinski definition) is 3. The van der Waals surface area contributed by atoms with E-state index in [1.54, 1.807) is 19.4 Å². The summed E-state index contributed by atoms with van der Waals surface area (Å²) in [6.45, 7) is 1.84. The van der Waals surface area contributed by atoms with Crippen LogP contribution in [0.25, 0.3) is 11.0 Å². The van der Waals surface area contributed by atoms with E-state index in [-0.39, 0.29) is 5.78 Å². The third-order valence-corrected chi connectivity index (χ3v) is 2.30. The third kappa shape index (κ3) is 1.70. The smallest absolute Gasteiger partial charge is 0.178 e. The fourth-order valence-corrected chi connectivity index (χ4v) is 1.45. The normalized spacial score (nSPS) is 10.5. The molecule has 0 aromatic carbocycles. The minimum absolute atomic E-state index is 0.0898. The van der Waals surface area contributed by atoms with Crippen LogP contribution in [-0.4, -0.2) is 22.9 Å². The average Bonchev–Trinajstić information content (AvgIpc) is 2.70. The molecule has 4 nitrogen and oxygen atoms in total. The lowest BCUT2D eigenvalue weighted by molar-refractivity contribution is 0.0984. The summed E-state index contributed by atoms with van der Waals surface area (Å²) in [6, 6.07) is 3.65. The van der Waals surface area contributed by atoms with Gasteiger partial charge in [-0.3, -0.25) is 4.79 Å². The van der Waals surface area contributed by atoms with Crippen molar-refractivity contribution in [1.29, 1.82) is 0 Å². The summed E-state index contributed by atoms with van der Waals surface area (Å²) in [7, 11) is 1.59. The number of pyridine rings is 1. The van der Waals surface area contributed by atoms with Crippen LogP contribution in [-0.2, 0) is 0 Å². The molecule has 0 radical (unpaired) electrons. The first-order valence-electron chi connectivity index (χ1n) is 4.80. The summed E-state index contributed by atoms with van der Waals surface area (Å²) >= 11 is 0. The molecule has 0 amide bonds. The molecule has 0 aliphatic heterocycles. The Bertz CT molecular complexity index is 502. The van der Waals surface area contributed by atoms with Gasteiger partial charge in [0.25, 0.3) is 0 Å². The van der Waals surface area contributed by atoms with Crippen molar-refractivity contribution in [3.8, 4) is 5.75 Å². The molecule has 0 saturated heterocycles. The maximum absolute atomic E-state index is 11.4. The van der Waals surface area contributed by atoms with Gasteiger partial charge in [-0.15, -0.1) is 0 Å². The molecule has 0 fully saturated rings. The number of aromatic nitrogens is 2. The summed E-state index contributed by atoms with van der Waals surface area (Å²) in [5, 5.41) is 0.895. The van der Waals surface area contributed by atoms with Crippen molar-refractivity contribution in [3.05, 3.63) is 24.0 Å². The predicted molar refractivity (Wildman–Crippen MR) is 57.3 cm³/mol. The Morgan fingerprint density at radius 3 is 3.00 bits per heavy atom. The Morgan fingerprint density at radius 2 is 2.33 bits per heavy atom. The van der Waals surface area contributed by atoms with Crippen LogP contribution >= 0.6 is 0 Å². The second-order valence-electron chi connectivity index (χ2n) is 3.27. The zero-order valence-electron chi connectivity index (χ0n) is 8.70. The number of ketones is 1. The molecule has 4 heteroatoms. The van der Waals surface area contributed by atoms with Gasteiger partial charge in [-0.2, -0.15) is 0 Å². The van der Waals surface area contributed by atoms with Gasteiger partial charge in [0.15, 0.2) is 5.78 Å². The fraction of sp³-hybridized carbons (Fsp3) is 0.273. The molecule has 2 heterocycles. The van der Waals surface area contributed by atoms with Crippen LogP contribution in [0.1, 0.15) is 23.8 Å². The van der Waals surface area contributed by atoms with Crippen LogP contribution < -0.4 is 4.74 Å². The molecule has 15 heavy (non-hydrogen) atoms. The quantitative estimate of drug-likeness (QED) is 0.779. The number of H-pyrrole nitrogens is 1. The zero-order valence-corrected chi connectivity index (χ0v) is 8.70. The van der Waals surface area contributed by atoms with Crippen molar-refractivity contribution in [1.82, 2.24) is 9.97 Å². The maximum Gasteiger partial charge on any atom is 0.178 e. The molecule has 0 saturated carbocycles. The molecule has 0 bridgehead atoms. The first-order valence-corrected chi connectivity index (χ1v) is 4.80. The van der Waals surface area contributed by atoms with Gasteiger partial charge < -0.3 is 9.72 Å². The van der Waals surface area contributed by atoms with Gasteiger partial charge in [0.05, 0.1) is 19.0 Å². The minimum atomic E-state index is 0.0898. The molecule has 1 N–H and O–H groups in total. The number of methoxy groups -OCH3 is 1. The second-order valence-corrected chi connectivity index (χ2v) is 3.27. The molecule has 0 spiro atoms. The van der Waals surface area contributed by atoms with E-state index in [9.17, 15) is 4.79 Å². The molecule has 78 valence electrons. The first-order chi connectivity index (χ1) is 7.24. The number of Topliss-reactive ketones (excluding diaryl/α,β-unsaturated/α-hetero) is 1. The molecular weight excluding hydrogens is 192 g/mol. The SMILES string of the molecule is CCC(=O)c1cc2cc(OC)cnc2[nH]1. The Balaban J connectivity index is 2.51. The van der Waals surface area contributed by atoms with Crippen molar-refractivity contribution in [2.24, 2.45) is 0 Å². The molecule has 0 atom stereocenters. The van der Waals surface area contributed by atoms with Crippen LogP contribution in [0, 0.1) is 0 Å². The highest BCUT2D eigenvalue weighted by Crippen LogP contribution is 2.19. The number of nitrogens with one attached hydrogen (secondary N) is 1. The van der Waals surface area contributed by atoms with Crippen molar-refractivity contribution >= 4 is 16.8 Å². The van der Waals surface area contributed by atoms with Crippen molar-refractivity contribution in [3.63, 3.8) is 0 Å². The van der Waals surface area contributed by atoms with Crippen LogP contribution in [0.15, 0.2) is 18.3 Å². The molecular formula is C11H12N2O2. The summed E-state index contributed by atoms with van der Waals surface area (Å²) < 4.78 is 5.06. The fourth-order valence-electron chi connectivity index (χ4n) is 1.45. The van der Waals surface area contributed by atoms with Crippen molar-refractivity contribution in [2.45, 2.75) is 13.3 Å². The maximum atomic E-state index is 11.4. The third-order valence-electron chi connectivity index (χ3n) is 2.30. The van der Waals surface area contributed by atoms with E-state index >= 15 is 0 Å². The lowest BCUT2D eigenvalue weighted by Gasteiger charge is -1.96. The average molecular weight is 204 g/mol. The Hall–Kier alpha value is -1.84. The van der Waals surface area contributed by atoms with Gasteiger partial charge in [-0.05, 0) is 12.1 Å². The zero-order chi connectivity index (χ0) is 10.8. The number of nitrogens with zero attached hydrogens (tertiary/aromatic N) is 1. The highest BCUT2D eigenvalue weighted by molar-refractivity contribution is 5.98. The first kappa shape index (κ1) is 9.71. The summed E-state index contributed by atoms with van der Waals surface area (Å²) in [6.07, 6.45) is 2.11. The van der Waals surface area contributed by atoms with Crippen LogP contribution in [0.2, 0.25) is 0 Å². The van der Waals surface area contributed by atoms with Crippen LogP contribution in [0.3, 0.4) is 0 Å². The van der Waals surface area contributed by atoms with Gasteiger partial charge >= 0.3 is 0 Å². The van der Waals surface area contributed by atoms with E-state index in [1.807, 2.05) is 13.0 Å². The van der Waals surface area contributed by atoms with Gasteiger partial charge in [0.2, 0.25) is 0 Å². The van der Waals surface area contributed by atoms with Gasteiger partial charge in [-0.25, -0.2) is 4.98 Å². The van der Waals surface area contributed by atoms with Gasteiger partial charge in [0, 0.05) is 11.8 Å². The van der Waals surface area contributed by atoms with E-state index < -0.39 is 0 Å². The standard InChI is InChI=1S/C11H12N2O2/c1-3-10(14)9-5-7-4-8(15-2)6-12-11(7)13-9/h4-6H,3H2,1-2H3,(H,12,13). The monoisotopic (exact) mass is 204 g/mol. The number of ether oxygens (including phenoxy) is 1. The van der Waals surface area contributed by atoms with Crippen LogP contribution in [0.4, 0.5) is 0 Å². The van der Waals surface area contributed by atoms with Crippen molar-refractivity contribution in [2.75, 3.05) is 7.11 Å². The molecule has 2 aromatic heterocycles.